The van der Waals surface area contributed by atoms with E-state index in [4.69, 9.17) is 4.74 Å². The first kappa shape index (κ1) is 20.2. The minimum absolute atomic E-state index is 0.0128. The first-order chi connectivity index (χ1) is 13.3. The van der Waals surface area contributed by atoms with E-state index in [0.717, 1.165) is 30.9 Å². The first-order valence-electron chi connectivity index (χ1n) is 11.6. The summed E-state index contributed by atoms with van der Waals surface area (Å²) in [5.74, 6) is 3.21. The van der Waals surface area contributed by atoms with Crippen LogP contribution >= 0.6 is 0 Å². The molecule has 0 spiro atoms. The number of fused-ring (bicyclic) bond motifs is 5. The maximum absolute atomic E-state index is 12.1. The third-order valence-corrected chi connectivity index (χ3v) is 10.1. The van der Waals surface area contributed by atoms with E-state index in [1.807, 2.05) is 0 Å². The molecule has 158 valence electrons. The van der Waals surface area contributed by atoms with Gasteiger partial charge in [-0.25, -0.2) is 0 Å². The van der Waals surface area contributed by atoms with Crippen LogP contribution in [0.25, 0.3) is 0 Å². The molecular weight excluding hydrogens is 350 g/mol. The van der Waals surface area contributed by atoms with E-state index in [-0.39, 0.29) is 17.5 Å². The van der Waals surface area contributed by atoms with Gasteiger partial charge in [0, 0.05) is 12.8 Å². The molecule has 0 radical (unpaired) electrons. The highest BCUT2D eigenvalue weighted by molar-refractivity contribution is 5.85. The van der Waals surface area contributed by atoms with Crippen LogP contribution in [0.3, 0.4) is 0 Å². The van der Waals surface area contributed by atoms with E-state index in [9.17, 15) is 10.0 Å². The van der Waals surface area contributed by atoms with Gasteiger partial charge in [-0.3, -0.25) is 4.79 Å². The van der Waals surface area contributed by atoms with Crippen LogP contribution in [0.5, 0.6) is 0 Å². The summed E-state index contributed by atoms with van der Waals surface area (Å²) < 4.78 is 6.12. The fourth-order valence-electron chi connectivity index (χ4n) is 8.68. The van der Waals surface area contributed by atoms with Crippen molar-refractivity contribution < 1.29 is 14.7 Å². The van der Waals surface area contributed by atoms with Crippen LogP contribution in [0.2, 0.25) is 0 Å². The van der Waals surface area contributed by atoms with Crippen molar-refractivity contribution in [2.45, 2.75) is 92.1 Å². The van der Waals surface area contributed by atoms with Gasteiger partial charge in [0.1, 0.15) is 6.10 Å². The van der Waals surface area contributed by atoms with Crippen molar-refractivity contribution in [3.63, 3.8) is 0 Å². The third kappa shape index (κ3) is 2.76. The van der Waals surface area contributed by atoms with E-state index < -0.39 is 0 Å². The number of hydrogen-bond donors (Lipinski definition) is 1. The summed E-state index contributed by atoms with van der Waals surface area (Å²) in [7, 11) is 0. The number of hydrogen-bond acceptors (Lipinski definition) is 4. The number of rotatable bonds is 2. The van der Waals surface area contributed by atoms with Gasteiger partial charge in [-0.15, -0.1) is 0 Å². The second-order valence-electron chi connectivity index (χ2n) is 10.9. The Hall–Kier alpha value is -1.06. The fraction of sp³-hybridized carbons (Fsp3) is 0.917. The lowest BCUT2D eigenvalue weighted by Crippen LogP contribution is -2.62. The molecule has 4 unspecified atom stereocenters. The number of carbonyl (C=O) groups excluding carboxylic acids is 1. The zero-order chi connectivity index (χ0) is 20.3. The lowest BCUT2D eigenvalue weighted by molar-refractivity contribution is -0.201. The molecule has 0 aromatic rings. The average molecular weight is 390 g/mol. The van der Waals surface area contributed by atoms with Crippen LogP contribution in [0, 0.1) is 46.3 Å². The highest BCUT2D eigenvalue weighted by Crippen LogP contribution is 2.68. The Morgan fingerprint density at radius 3 is 2.50 bits per heavy atom. The standard InChI is InChI=1S/C24H39NO3/c1-6-16-7-8-18-21-19(10-12-23(16,18)4)24(5)11-9-17(25-27)13-20(24)14(2)22(21)28-15(3)26/h14,16,18-22,27H,6-13H2,1-5H3/t14-,16+,18?,19?,20?,21?,22+,23-,24-/m1/s1. The van der Waals surface area contributed by atoms with E-state index in [1.165, 1.54) is 32.1 Å². The maximum atomic E-state index is 12.1. The van der Waals surface area contributed by atoms with E-state index in [1.54, 1.807) is 6.92 Å². The van der Waals surface area contributed by atoms with Crippen LogP contribution in [0.1, 0.15) is 86.0 Å². The summed E-state index contributed by atoms with van der Waals surface area (Å²) in [6, 6.07) is 0. The Kier molecular flexibility index (Phi) is 5.07. The van der Waals surface area contributed by atoms with Crippen molar-refractivity contribution in [1.29, 1.82) is 0 Å². The monoisotopic (exact) mass is 389 g/mol. The van der Waals surface area contributed by atoms with Gasteiger partial charge in [0.05, 0.1) is 5.71 Å². The Labute approximate surface area is 170 Å². The van der Waals surface area contributed by atoms with Crippen molar-refractivity contribution in [2.75, 3.05) is 0 Å². The predicted octanol–water partition coefficient (Wildman–Crippen LogP) is 5.67. The molecule has 9 atom stereocenters. The molecule has 0 heterocycles. The van der Waals surface area contributed by atoms with Gasteiger partial charge >= 0.3 is 5.97 Å². The number of esters is 1. The summed E-state index contributed by atoms with van der Waals surface area (Å²) in [5, 5.41) is 13.0. The van der Waals surface area contributed by atoms with Gasteiger partial charge in [0.2, 0.25) is 0 Å². The van der Waals surface area contributed by atoms with Gasteiger partial charge < -0.3 is 9.94 Å². The summed E-state index contributed by atoms with van der Waals surface area (Å²) in [4.78, 5) is 12.1. The summed E-state index contributed by atoms with van der Waals surface area (Å²) in [6.45, 7) is 11.3. The van der Waals surface area contributed by atoms with Gasteiger partial charge in [-0.05, 0) is 85.4 Å². The molecule has 4 fully saturated rings. The molecule has 4 saturated carbocycles. The van der Waals surface area contributed by atoms with Crippen LogP contribution < -0.4 is 0 Å². The molecule has 0 amide bonds. The smallest absolute Gasteiger partial charge is 0.302 e. The molecule has 4 aliphatic rings. The van der Waals surface area contributed by atoms with Crippen LogP contribution in [-0.2, 0) is 9.53 Å². The van der Waals surface area contributed by atoms with Crippen molar-refractivity contribution in [1.82, 2.24) is 0 Å². The summed E-state index contributed by atoms with van der Waals surface area (Å²) in [6.07, 6.45) is 9.38. The first-order valence-corrected chi connectivity index (χ1v) is 11.6. The number of nitrogens with zero attached hydrogens (tertiary/aromatic N) is 1. The molecule has 0 aromatic heterocycles. The summed E-state index contributed by atoms with van der Waals surface area (Å²) >= 11 is 0. The maximum Gasteiger partial charge on any atom is 0.302 e. The van der Waals surface area contributed by atoms with E-state index in [2.05, 4.69) is 32.9 Å². The minimum atomic E-state index is -0.136. The Balaban J connectivity index is 1.75. The van der Waals surface area contributed by atoms with Crippen LogP contribution in [0.15, 0.2) is 5.16 Å². The van der Waals surface area contributed by atoms with Crippen molar-refractivity contribution in [3.05, 3.63) is 0 Å². The Morgan fingerprint density at radius 2 is 1.86 bits per heavy atom. The molecular formula is C24H39NO3. The molecule has 0 aliphatic heterocycles. The van der Waals surface area contributed by atoms with Gasteiger partial charge in [0.25, 0.3) is 0 Å². The lowest BCUT2D eigenvalue weighted by atomic mass is 9.42. The van der Waals surface area contributed by atoms with E-state index in [0.29, 0.717) is 35.0 Å². The highest BCUT2D eigenvalue weighted by atomic mass is 16.5. The fourth-order valence-corrected chi connectivity index (χ4v) is 8.68. The van der Waals surface area contributed by atoms with Crippen LogP contribution in [-0.4, -0.2) is 23.0 Å². The average Bonchev–Trinajstić information content (AvgIpc) is 3.00. The number of ether oxygens (including phenoxy) is 1. The van der Waals surface area contributed by atoms with Crippen LogP contribution in [0.4, 0.5) is 0 Å². The van der Waals surface area contributed by atoms with E-state index >= 15 is 0 Å². The number of oxime groups is 1. The topological polar surface area (TPSA) is 58.9 Å². The zero-order valence-electron chi connectivity index (χ0n) is 18.4. The molecule has 4 rings (SSSR count). The second kappa shape index (κ2) is 7.02. The summed E-state index contributed by atoms with van der Waals surface area (Å²) in [5.41, 5.74) is 1.60. The molecule has 4 heteroatoms. The molecule has 0 saturated heterocycles. The van der Waals surface area contributed by atoms with Crippen molar-refractivity contribution in [2.24, 2.45) is 51.5 Å². The SMILES string of the molecule is CC[C@H]1CCC2C3C(CC[C@@]21C)[C@@]1(C)CCC(=NO)CC1[C@@H](C)[C@@H]3OC(C)=O. The van der Waals surface area contributed by atoms with Gasteiger partial charge in [-0.1, -0.05) is 39.3 Å². The lowest BCUT2D eigenvalue weighted by Gasteiger charge is -2.64. The Morgan fingerprint density at radius 1 is 1.14 bits per heavy atom. The molecule has 1 N–H and O–H groups in total. The van der Waals surface area contributed by atoms with Crippen molar-refractivity contribution in [3.8, 4) is 0 Å². The normalized spacial score (nSPS) is 51.9. The highest BCUT2D eigenvalue weighted by Gasteiger charge is 2.64. The van der Waals surface area contributed by atoms with Crippen molar-refractivity contribution >= 4 is 11.7 Å². The molecule has 4 nitrogen and oxygen atoms in total. The molecule has 0 aromatic carbocycles. The third-order valence-electron chi connectivity index (χ3n) is 10.1. The van der Waals surface area contributed by atoms with Gasteiger partial charge in [-0.2, -0.15) is 0 Å². The molecule has 4 aliphatic carbocycles. The Bertz CT molecular complexity index is 660. The minimum Gasteiger partial charge on any atom is -0.462 e. The molecule has 28 heavy (non-hydrogen) atoms. The zero-order valence-corrected chi connectivity index (χ0v) is 18.4. The van der Waals surface area contributed by atoms with Gasteiger partial charge in [0.15, 0.2) is 0 Å². The quantitative estimate of drug-likeness (QED) is 0.376. The number of carbonyl (C=O) groups is 1. The molecule has 0 bridgehead atoms. The second-order valence-corrected chi connectivity index (χ2v) is 10.9. The largest absolute Gasteiger partial charge is 0.462 e. The predicted molar refractivity (Wildman–Crippen MR) is 110 cm³/mol.